The highest BCUT2D eigenvalue weighted by atomic mass is 32.2. The summed E-state index contributed by atoms with van der Waals surface area (Å²) in [6, 6.07) is 13.8. The van der Waals surface area contributed by atoms with Crippen LogP contribution < -0.4 is 4.74 Å². The monoisotopic (exact) mass is 387 g/mol. The fraction of sp³-hybridized carbons (Fsp3) is 0.333. The molecule has 0 aromatic heterocycles. The topological polar surface area (TPSA) is 66.8 Å². The molecule has 0 bridgehead atoms. The van der Waals surface area contributed by atoms with Gasteiger partial charge in [0.15, 0.2) is 0 Å². The molecule has 1 saturated heterocycles. The third-order valence-electron chi connectivity index (χ3n) is 5.22. The van der Waals surface area contributed by atoms with Gasteiger partial charge in [0.1, 0.15) is 11.4 Å². The van der Waals surface area contributed by atoms with E-state index in [1.54, 1.807) is 55.6 Å². The highest BCUT2D eigenvalue weighted by Crippen LogP contribution is 2.42. The molecule has 1 fully saturated rings. The Morgan fingerprint density at radius 1 is 1.19 bits per heavy atom. The molecule has 0 unspecified atom stereocenters. The van der Waals surface area contributed by atoms with Gasteiger partial charge in [-0.1, -0.05) is 42.0 Å². The van der Waals surface area contributed by atoms with Crippen molar-refractivity contribution in [2.75, 3.05) is 20.2 Å². The lowest BCUT2D eigenvalue weighted by atomic mass is 9.80. The molecule has 0 radical (unpaired) electrons. The van der Waals surface area contributed by atoms with Gasteiger partial charge in [-0.3, -0.25) is 0 Å². The van der Waals surface area contributed by atoms with E-state index < -0.39 is 21.5 Å². The van der Waals surface area contributed by atoms with Gasteiger partial charge in [-0.05, 0) is 43.7 Å². The van der Waals surface area contributed by atoms with Crippen LogP contribution in [-0.4, -0.2) is 38.0 Å². The van der Waals surface area contributed by atoms with Crippen molar-refractivity contribution in [2.24, 2.45) is 5.92 Å². The lowest BCUT2D eigenvalue weighted by molar-refractivity contribution is 0.0228. The Labute approximate surface area is 161 Å². The SMILES string of the molecule is C=C(C)[C@@H]1CN(S(=O)(=O)c2ccc(C)cc2)C[C@@]1(O)c1ccc(OC)cc1. The van der Waals surface area contributed by atoms with Crippen molar-refractivity contribution >= 4 is 10.0 Å². The molecule has 1 aliphatic rings. The van der Waals surface area contributed by atoms with Crippen LogP contribution >= 0.6 is 0 Å². The Kier molecular flexibility index (Phi) is 5.16. The number of β-amino-alcohol motifs (C(OH)–C–C–N with tert-alkyl or cyclic N) is 1. The Bertz CT molecular complexity index is 935. The van der Waals surface area contributed by atoms with Crippen molar-refractivity contribution in [1.29, 1.82) is 0 Å². The molecule has 2 aromatic rings. The minimum absolute atomic E-state index is 0.0208. The van der Waals surface area contributed by atoms with E-state index in [0.29, 0.717) is 11.3 Å². The number of rotatable bonds is 5. The highest BCUT2D eigenvalue weighted by Gasteiger charge is 2.50. The molecule has 1 N–H and O–H groups in total. The zero-order chi connectivity index (χ0) is 19.8. The van der Waals surface area contributed by atoms with Crippen LogP contribution in [0.2, 0.25) is 0 Å². The van der Waals surface area contributed by atoms with Crippen molar-refractivity contribution in [3.63, 3.8) is 0 Å². The van der Waals surface area contributed by atoms with E-state index in [2.05, 4.69) is 6.58 Å². The van der Waals surface area contributed by atoms with E-state index in [1.165, 1.54) is 4.31 Å². The van der Waals surface area contributed by atoms with Gasteiger partial charge >= 0.3 is 0 Å². The van der Waals surface area contributed by atoms with Crippen LogP contribution in [0.5, 0.6) is 5.75 Å². The Hall–Kier alpha value is -2.15. The molecule has 6 heteroatoms. The summed E-state index contributed by atoms with van der Waals surface area (Å²) >= 11 is 0. The second kappa shape index (κ2) is 7.11. The number of benzene rings is 2. The maximum Gasteiger partial charge on any atom is 0.243 e. The molecule has 0 aliphatic carbocycles. The van der Waals surface area contributed by atoms with Gasteiger partial charge in [0, 0.05) is 19.0 Å². The molecule has 1 aliphatic heterocycles. The van der Waals surface area contributed by atoms with Crippen LogP contribution in [0.4, 0.5) is 0 Å². The minimum Gasteiger partial charge on any atom is -0.497 e. The van der Waals surface area contributed by atoms with E-state index in [9.17, 15) is 13.5 Å². The molecule has 3 rings (SSSR count). The molecule has 5 nitrogen and oxygen atoms in total. The van der Waals surface area contributed by atoms with Crippen LogP contribution in [0.15, 0.2) is 65.6 Å². The fourth-order valence-electron chi connectivity index (χ4n) is 3.58. The summed E-state index contributed by atoms with van der Waals surface area (Å²) in [5.74, 6) is 0.280. The number of ether oxygens (including phenoxy) is 1. The molecule has 0 saturated carbocycles. The smallest absolute Gasteiger partial charge is 0.243 e. The lowest BCUT2D eigenvalue weighted by Crippen LogP contribution is -2.36. The Morgan fingerprint density at radius 3 is 2.30 bits per heavy atom. The van der Waals surface area contributed by atoms with Gasteiger partial charge in [0.2, 0.25) is 10.0 Å². The van der Waals surface area contributed by atoms with Crippen molar-refractivity contribution in [2.45, 2.75) is 24.3 Å². The van der Waals surface area contributed by atoms with Gasteiger partial charge in [-0.2, -0.15) is 4.31 Å². The standard InChI is InChI=1S/C21H25NO4S/c1-15(2)20-13-22(27(24,25)19-11-5-16(3)6-12-19)14-21(20,23)17-7-9-18(26-4)10-8-17/h5-12,20,23H,1,13-14H2,2-4H3/t20-,21+/m0/s1. The van der Waals surface area contributed by atoms with Gasteiger partial charge in [-0.15, -0.1) is 0 Å². The van der Waals surface area contributed by atoms with Crippen LogP contribution in [0, 0.1) is 12.8 Å². The number of sulfonamides is 1. The van der Waals surface area contributed by atoms with Gasteiger partial charge in [0.05, 0.1) is 12.0 Å². The van der Waals surface area contributed by atoms with Crippen LogP contribution in [-0.2, 0) is 15.6 Å². The molecular formula is C21H25NO4S. The number of hydrogen-bond donors (Lipinski definition) is 1. The quantitative estimate of drug-likeness (QED) is 0.801. The molecule has 27 heavy (non-hydrogen) atoms. The van der Waals surface area contributed by atoms with Crippen molar-refractivity contribution < 1.29 is 18.3 Å². The van der Waals surface area contributed by atoms with E-state index >= 15 is 0 Å². The number of aryl methyl sites for hydroxylation is 1. The predicted molar refractivity (Wildman–Crippen MR) is 105 cm³/mol. The van der Waals surface area contributed by atoms with Crippen LogP contribution in [0.25, 0.3) is 0 Å². The number of hydrogen-bond acceptors (Lipinski definition) is 4. The zero-order valence-corrected chi connectivity index (χ0v) is 16.7. The number of methoxy groups -OCH3 is 1. The first-order valence-electron chi connectivity index (χ1n) is 8.77. The lowest BCUT2D eigenvalue weighted by Gasteiger charge is -2.30. The zero-order valence-electron chi connectivity index (χ0n) is 15.8. The van der Waals surface area contributed by atoms with E-state index in [0.717, 1.165) is 11.1 Å². The first-order chi connectivity index (χ1) is 12.7. The second-order valence-corrected chi connectivity index (χ2v) is 9.10. The maximum absolute atomic E-state index is 13.1. The predicted octanol–water partition coefficient (Wildman–Crippen LogP) is 3.09. The molecule has 0 amide bonds. The first-order valence-corrected chi connectivity index (χ1v) is 10.2. The highest BCUT2D eigenvalue weighted by molar-refractivity contribution is 7.89. The Morgan fingerprint density at radius 2 is 1.78 bits per heavy atom. The van der Waals surface area contributed by atoms with E-state index in [1.807, 2.05) is 13.8 Å². The average molecular weight is 388 g/mol. The van der Waals surface area contributed by atoms with Gasteiger partial charge in [0.25, 0.3) is 0 Å². The number of aliphatic hydroxyl groups is 1. The van der Waals surface area contributed by atoms with Crippen molar-refractivity contribution in [3.8, 4) is 5.75 Å². The van der Waals surface area contributed by atoms with Crippen LogP contribution in [0.1, 0.15) is 18.1 Å². The summed E-state index contributed by atoms with van der Waals surface area (Å²) in [4.78, 5) is 0.229. The van der Waals surface area contributed by atoms with Crippen molar-refractivity contribution in [3.05, 3.63) is 71.8 Å². The average Bonchev–Trinajstić information content (AvgIpc) is 3.02. The Balaban J connectivity index is 1.99. The number of nitrogens with zero attached hydrogens (tertiary/aromatic N) is 1. The van der Waals surface area contributed by atoms with Gasteiger partial charge < -0.3 is 9.84 Å². The summed E-state index contributed by atoms with van der Waals surface area (Å²) in [5, 5.41) is 11.5. The fourth-order valence-corrected chi connectivity index (χ4v) is 5.07. The molecule has 2 atom stereocenters. The minimum atomic E-state index is -3.71. The maximum atomic E-state index is 13.1. The van der Waals surface area contributed by atoms with Gasteiger partial charge in [-0.25, -0.2) is 8.42 Å². The molecule has 1 heterocycles. The van der Waals surface area contributed by atoms with Crippen LogP contribution in [0.3, 0.4) is 0 Å². The molecule has 144 valence electrons. The van der Waals surface area contributed by atoms with E-state index in [4.69, 9.17) is 4.74 Å². The second-order valence-electron chi connectivity index (χ2n) is 7.16. The van der Waals surface area contributed by atoms with E-state index in [-0.39, 0.29) is 18.0 Å². The van der Waals surface area contributed by atoms with Crippen molar-refractivity contribution in [1.82, 2.24) is 4.31 Å². The summed E-state index contributed by atoms with van der Waals surface area (Å²) in [7, 11) is -2.13. The summed E-state index contributed by atoms with van der Waals surface area (Å²) in [6.45, 7) is 7.88. The summed E-state index contributed by atoms with van der Waals surface area (Å²) < 4.78 is 32.7. The summed E-state index contributed by atoms with van der Waals surface area (Å²) in [5.41, 5.74) is 1.05. The molecule has 0 spiro atoms. The summed E-state index contributed by atoms with van der Waals surface area (Å²) in [6.07, 6.45) is 0. The third kappa shape index (κ3) is 3.52. The normalized spacial score (nSPS) is 23.3. The third-order valence-corrected chi connectivity index (χ3v) is 7.05. The molecular weight excluding hydrogens is 362 g/mol. The first kappa shape index (κ1) is 19.6. The molecule has 2 aromatic carbocycles. The largest absolute Gasteiger partial charge is 0.497 e.